The van der Waals surface area contributed by atoms with E-state index in [0.29, 0.717) is 92.8 Å². The van der Waals surface area contributed by atoms with Gasteiger partial charge in [-0.15, -0.1) is 58.8 Å². The second kappa shape index (κ2) is 39.9. The number of benzene rings is 5. The SMILES string of the molecule is CCC(CC)(Sc1ccnc2ccc(-c3cc[nH]c(=O)c3)cc12)C(=O)O.CCC(CC)(Sc1ccnc2ccc(-c3ccn(C)c(=O)c3)cc12)C(=O)O.CCC(CC)(Sc1ccnc2ccc(C(F)(F)F)cc12)C(=O)O.CCC(CC)(Sc1ccnc2ccccc12)C(=O)O.O=C(NS(=O)(=O)C1CC1)C1(Sc2ccnc3ccc(Br)cc23)CCC1. The number of halogens is 4. The number of aromatic amines is 1. The number of aryl methyl sites for hydroxylation is 1. The lowest BCUT2D eigenvalue weighted by atomic mass is 9.84. The van der Waals surface area contributed by atoms with E-state index in [2.05, 4.69) is 50.6 Å². The number of amides is 1. The van der Waals surface area contributed by atoms with E-state index in [1.165, 1.54) is 63.9 Å². The first-order valence-corrected chi connectivity index (χ1v) is 45.5. The summed E-state index contributed by atoms with van der Waals surface area (Å²) in [4.78, 5) is 112. The number of aromatic nitrogens is 7. The molecule has 1 amide bonds. The first-order valence-electron chi connectivity index (χ1n) is 39.1. The number of thioether (sulfide) groups is 5. The molecule has 0 bridgehead atoms. The zero-order chi connectivity index (χ0) is 87.1. The van der Waals surface area contributed by atoms with Crippen molar-refractivity contribution in [1.29, 1.82) is 0 Å². The van der Waals surface area contributed by atoms with Crippen molar-refractivity contribution in [3.05, 3.63) is 226 Å². The summed E-state index contributed by atoms with van der Waals surface area (Å²) >= 11 is 10.2. The van der Waals surface area contributed by atoms with Crippen LogP contribution in [0.25, 0.3) is 76.8 Å². The molecule has 0 spiro atoms. The Kier molecular flexibility index (Phi) is 30.8. The molecule has 0 saturated heterocycles. The highest BCUT2D eigenvalue weighted by atomic mass is 79.9. The lowest BCUT2D eigenvalue weighted by Crippen LogP contribution is -2.51. The number of para-hydroxylation sites is 1. The van der Waals surface area contributed by atoms with Crippen molar-refractivity contribution >= 4 is 169 Å². The molecule has 21 nitrogen and oxygen atoms in total. The van der Waals surface area contributed by atoms with Crippen molar-refractivity contribution in [3.63, 3.8) is 0 Å². The number of carboxylic acids is 4. The fraction of sp³-hybridized carbons (Fsp3) is 0.326. The van der Waals surface area contributed by atoms with Gasteiger partial charge >= 0.3 is 30.1 Å². The maximum atomic E-state index is 12.9. The Morgan fingerprint density at radius 2 is 0.858 bits per heavy atom. The fourth-order valence-electron chi connectivity index (χ4n) is 13.4. The number of hydrogen-bond donors (Lipinski definition) is 6. The highest BCUT2D eigenvalue weighted by Crippen LogP contribution is 2.51. The third kappa shape index (κ3) is 21.4. The predicted octanol–water partition coefficient (Wildman–Crippen LogP) is 21.2. The van der Waals surface area contributed by atoms with E-state index in [9.17, 15) is 75.6 Å². The number of alkyl halides is 3. The third-order valence-corrected chi connectivity index (χ3v) is 32.4. The van der Waals surface area contributed by atoms with Crippen LogP contribution in [0.5, 0.6) is 0 Å². The number of nitrogens with one attached hydrogen (secondary N) is 2. The molecule has 2 fully saturated rings. The lowest BCUT2D eigenvalue weighted by Gasteiger charge is -2.39. The molecule has 14 rings (SSSR count). The van der Waals surface area contributed by atoms with Crippen LogP contribution in [0.3, 0.4) is 0 Å². The summed E-state index contributed by atoms with van der Waals surface area (Å²) in [5.41, 5.74) is 6.21. The van der Waals surface area contributed by atoms with Crippen LogP contribution < -0.4 is 15.8 Å². The zero-order valence-corrected chi connectivity index (χ0v) is 73.8. The van der Waals surface area contributed by atoms with Crippen LogP contribution in [0.4, 0.5) is 13.2 Å². The predicted molar refractivity (Wildman–Crippen MR) is 478 cm³/mol. The first-order chi connectivity index (χ1) is 57.1. The van der Waals surface area contributed by atoms with Gasteiger partial charge in [-0.05, 0) is 215 Å². The summed E-state index contributed by atoms with van der Waals surface area (Å²) < 4.78 is 63.6. The first kappa shape index (κ1) is 92.7. The van der Waals surface area contributed by atoms with E-state index in [-0.39, 0.29) is 17.0 Å². The Morgan fingerprint density at radius 3 is 1.25 bits per heavy atom. The lowest BCUT2D eigenvalue weighted by molar-refractivity contribution is -0.141. The van der Waals surface area contributed by atoms with Gasteiger partial charge in [0.25, 0.3) is 5.56 Å². The average molecular weight is 1810 g/mol. The van der Waals surface area contributed by atoms with E-state index in [1.54, 1.807) is 76.3 Å². The molecule has 0 aliphatic heterocycles. The van der Waals surface area contributed by atoms with Gasteiger partial charge in [0.2, 0.25) is 21.5 Å². The zero-order valence-electron chi connectivity index (χ0n) is 67.4. The minimum Gasteiger partial charge on any atom is -0.480 e. The Balaban J connectivity index is 0.000000158. The minimum absolute atomic E-state index is 0.0738. The Morgan fingerprint density at radius 1 is 0.483 bits per heavy atom. The van der Waals surface area contributed by atoms with Gasteiger partial charge in [-0.2, -0.15) is 13.2 Å². The van der Waals surface area contributed by atoms with Gasteiger partial charge in [0.1, 0.15) is 23.7 Å². The maximum absolute atomic E-state index is 12.9. The topological polar surface area (TPSA) is 332 Å². The number of fused-ring (bicyclic) bond motifs is 5. The number of H-pyrrole nitrogens is 1. The van der Waals surface area contributed by atoms with Crippen LogP contribution in [0.2, 0.25) is 0 Å². The highest BCUT2D eigenvalue weighted by molar-refractivity contribution is 9.10. The van der Waals surface area contributed by atoms with Gasteiger partial charge in [-0.3, -0.25) is 63.2 Å². The van der Waals surface area contributed by atoms with Crippen LogP contribution >= 0.6 is 74.7 Å². The van der Waals surface area contributed by atoms with E-state index < -0.39 is 74.6 Å². The van der Waals surface area contributed by atoms with Crippen LogP contribution in [0, 0.1) is 0 Å². The Bertz CT molecular complexity index is 6010. The summed E-state index contributed by atoms with van der Waals surface area (Å²) in [7, 11) is -1.81. The number of nitrogens with zero attached hydrogens (tertiary/aromatic N) is 6. The molecule has 120 heavy (non-hydrogen) atoms. The second-order valence-corrected chi connectivity index (χ2v) is 38.8. The van der Waals surface area contributed by atoms with Crippen molar-refractivity contribution in [2.75, 3.05) is 0 Å². The van der Waals surface area contributed by atoms with Crippen LogP contribution in [-0.4, -0.2) is 122 Å². The number of rotatable bonds is 27. The van der Waals surface area contributed by atoms with Crippen LogP contribution in [-0.2, 0) is 47.2 Å². The minimum atomic E-state index is -4.45. The van der Waals surface area contributed by atoms with E-state index in [4.69, 9.17) is 0 Å². The van der Waals surface area contributed by atoms with E-state index in [0.717, 1.165) is 120 Å². The molecule has 7 aromatic heterocycles. The summed E-state index contributed by atoms with van der Waals surface area (Å²) in [5.74, 6) is -3.70. The van der Waals surface area contributed by atoms with Gasteiger partial charge in [0, 0.05) is 118 Å². The molecule has 630 valence electrons. The molecule has 6 N–H and O–H groups in total. The molecular weight excluding hydrogens is 1720 g/mol. The van der Waals surface area contributed by atoms with Gasteiger partial charge in [0.15, 0.2) is 0 Å². The number of sulfonamides is 1. The maximum Gasteiger partial charge on any atom is 0.416 e. The normalized spacial score (nSPS) is 13.4. The fourth-order valence-corrected chi connectivity index (χ4v) is 21.5. The number of carbonyl (C=O) groups excluding carboxylic acids is 1. The quantitative estimate of drug-likeness (QED) is 0.0260. The van der Waals surface area contributed by atoms with Crippen LogP contribution in [0.1, 0.15) is 144 Å². The van der Waals surface area contributed by atoms with Crippen molar-refractivity contribution in [2.24, 2.45) is 7.05 Å². The monoisotopic (exact) mass is 1810 g/mol. The van der Waals surface area contributed by atoms with Gasteiger partial charge < -0.3 is 30.0 Å². The molecule has 0 radical (unpaired) electrons. The molecule has 31 heteroatoms. The summed E-state index contributed by atoms with van der Waals surface area (Å²) in [6.07, 6.45) is 14.9. The van der Waals surface area contributed by atoms with Crippen molar-refractivity contribution in [1.82, 2.24) is 39.2 Å². The second-order valence-electron chi connectivity index (χ2n) is 28.8. The number of carboxylic acid groups (broad SMARTS) is 4. The molecule has 2 saturated carbocycles. The highest BCUT2D eigenvalue weighted by Gasteiger charge is 2.49. The molecule has 5 aromatic carbocycles. The molecule has 2 aliphatic rings. The van der Waals surface area contributed by atoms with Gasteiger partial charge in [0.05, 0.1) is 38.4 Å². The van der Waals surface area contributed by atoms with Gasteiger partial charge in [-0.1, -0.05) is 102 Å². The van der Waals surface area contributed by atoms with Crippen molar-refractivity contribution in [3.8, 4) is 22.3 Å². The smallest absolute Gasteiger partial charge is 0.416 e. The van der Waals surface area contributed by atoms with E-state index >= 15 is 0 Å². The average Bonchev–Trinajstić information content (AvgIpc) is 1.45. The van der Waals surface area contributed by atoms with E-state index in [1.807, 2.05) is 157 Å². The molecule has 7 heterocycles. The molecular formula is C89H92BrF3N8O13S6. The Labute approximate surface area is 722 Å². The Hall–Kier alpha value is -9.63. The largest absolute Gasteiger partial charge is 0.480 e. The van der Waals surface area contributed by atoms with Crippen molar-refractivity contribution in [2.45, 2.75) is 198 Å². The molecule has 12 aromatic rings. The van der Waals surface area contributed by atoms with Crippen molar-refractivity contribution < 1.29 is 66.0 Å². The number of aliphatic carboxylic acids is 4. The molecule has 2 aliphatic carbocycles. The summed E-state index contributed by atoms with van der Waals surface area (Å²) in [6.45, 7) is 15.0. The van der Waals surface area contributed by atoms with Gasteiger partial charge in [-0.25, -0.2) is 8.42 Å². The number of pyridine rings is 7. The molecule has 0 unspecified atom stereocenters. The standard InChI is InChI=1S/C21H22N2O3S.C20H20N2O3S.C17H17BrN2O3S2.C16H16F3NO2S.C15H17NO2S/c1-4-21(5-2,20(25)26)27-18-8-10-22-17-7-6-14(12-16(17)18)15-9-11-23(3)19(24)13-15;1-3-20(4-2,19(24)25)26-17-8-10-21-16-6-5-13(11-15(16)17)14-7-9-22-18(23)12-14;18-11-2-5-14-13(10-11)15(6-9-19-14)24-17(7-1-8-17)16(21)20-25(22,23)12-3-4-12;1-3-15(4-2,14(21)22)23-13-7-8-20-12-6-5-10(9-11(12)13)16(17,18)19;1-3-15(4-2,14(17)18)19-13-9-10-16-12-8-6-5-7-11(12)13/h6-13H,4-5H2,1-3H3,(H,25,26);5-12H,3-4H2,1-2H3,(H,22,23)(H,24,25);2,5-6,9-10,12H,1,3-4,7-8H2,(H,20,21);5-9H,3-4H2,1-2H3,(H,21,22);5-10H,3-4H2,1-2H3,(H,17,18). The third-order valence-electron chi connectivity index (χ3n) is 21.7. The summed E-state index contributed by atoms with van der Waals surface area (Å²) in [6, 6.07) is 44.6. The molecule has 0 atom stereocenters. The summed E-state index contributed by atoms with van der Waals surface area (Å²) in [5, 5.41) is 42.3. The van der Waals surface area contributed by atoms with Crippen LogP contribution in [0.15, 0.2) is 234 Å². The number of carbonyl (C=O) groups is 5. The number of hydrogen-bond acceptors (Lipinski definition) is 19.